The molecule has 0 aromatic heterocycles. The van der Waals surface area contributed by atoms with Gasteiger partial charge in [-0.3, -0.25) is 14.4 Å². The lowest BCUT2D eigenvalue weighted by atomic mass is 9.72. The molecule has 5 N–H and O–H groups in total. The lowest BCUT2D eigenvalue weighted by Gasteiger charge is -2.33. The number of hydrogen-bond donors (Lipinski definition) is 4. The summed E-state index contributed by atoms with van der Waals surface area (Å²) in [6.45, 7) is 24.5. The molecule has 0 saturated heterocycles. The Bertz CT molecular complexity index is 1760. The molecule has 2 rings (SSSR count). The second kappa shape index (κ2) is 28.3. The van der Waals surface area contributed by atoms with Crippen molar-refractivity contribution in [2.24, 2.45) is 16.6 Å². The van der Waals surface area contributed by atoms with Gasteiger partial charge < -0.3 is 31.2 Å². The van der Waals surface area contributed by atoms with Gasteiger partial charge in [0.25, 0.3) is 0 Å². The lowest BCUT2D eigenvalue weighted by Crippen LogP contribution is -2.47. The highest BCUT2D eigenvalue weighted by Gasteiger charge is 2.27. The maximum atomic E-state index is 13.2. The molecular formula is C52H80N4O5. The summed E-state index contributed by atoms with van der Waals surface area (Å²) in [5, 5.41) is 8.72. The number of allylic oxidation sites excluding steroid dienone is 18. The van der Waals surface area contributed by atoms with E-state index in [0.29, 0.717) is 65.3 Å². The maximum absolute atomic E-state index is 13.2. The van der Waals surface area contributed by atoms with Crippen LogP contribution in [0.5, 0.6) is 0 Å². The van der Waals surface area contributed by atoms with Gasteiger partial charge in [0.1, 0.15) is 6.04 Å². The van der Waals surface area contributed by atoms with Crippen LogP contribution in [0.15, 0.2) is 117 Å². The van der Waals surface area contributed by atoms with Crippen LogP contribution in [-0.2, 0) is 23.9 Å². The number of nitrogens with two attached hydrogens (primary N) is 1. The van der Waals surface area contributed by atoms with Crippen LogP contribution in [0.3, 0.4) is 0 Å². The number of carbonyl (C=O) groups is 3. The quantitative estimate of drug-likeness (QED) is 0.0411. The van der Waals surface area contributed by atoms with Crippen molar-refractivity contribution in [3.63, 3.8) is 0 Å². The fourth-order valence-electron chi connectivity index (χ4n) is 7.77. The smallest absolute Gasteiger partial charge is 0.244 e. The van der Waals surface area contributed by atoms with Gasteiger partial charge in [-0.15, -0.1) is 0 Å². The van der Waals surface area contributed by atoms with Crippen molar-refractivity contribution in [2.75, 3.05) is 46.1 Å². The van der Waals surface area contributed by atoms with E-state index >= 15 is 0 Å². The largest absolute Gasteiger partial charge is 0.378 e. The third-order valence-corrected chi connectivity index (χ3v) is 11.3. The van der Waals surface area contributed by atoms with Gasteiger partial charge >= 0.3 is 0 Å². The first-order chi connectivity index (χ1) is 28.9. The van der Waals surface area contributed by atoms with Crippen LogP contribution in [0, 0.1) is 10.8 Å². The van der Waals surface area contributed by atoms with E-state index in [-0.39, 0.29) is 28.6 Å². The summed E-state index contributed by atoms with van der Waals surface area (Å²) in [6, 6.07) is -0.744. The Morgan fingerprint density at radius 2 is 1.16 bits per heavy atom. The lowest BCUT2D eigenvalue weighted by molar-refractivity contribution is -0.127. The van der Waals surface area contributed by atoms with Gasteiger partial charge in [0.2, 0.25) is 17.7 Å². The Morgan fingerprint density at radius 3 is 1.67 bits per heavy atom. The van der Waals surface area contributed by atoms with E-state index in [1.807, 2.05) is 44.2 Å². The van der Waals surface area contributed by atoms with Gasteiger partial charge in [0, 0.05) is 31.8 Å². The Labute approximate surface area is 369 Å². The molecule has 0 aliphatic heterocycles. The van der Waals surface area contributed by atoms with Gasteiger partial charge in [0.15, 0.2) is 0 Å². The summed E-state index contributed by atoms with van der Waals surface area (Å²) >= 11 is 0. The van der Waals surface area contributed by atoms with E-state index in [2.05, 4.69) is 102 Å². The third kappa shape index (κ3) is 21.9. The molecule has 2 aliphatic rings. The first kappa shape index (κ1) is 52.8. The molecule has 0 spiro atoms. The second-order valence-corrected chi connectivity index (χ2v) is 18.0. The highest BCUT2D eigenvalue weighted by Crippen LogP contribution is 2.41. The molecular weight excluding hydrogens is 761 g/mol. The van der Waals surface area contributed by atoms with Crippen molar-refractivity contribution in [3.8, 4) is 0 Å². The SMILES string of the molecule is CC1=C(/C=C/C(C)=C/C=C/C(C)=C/C(=O)NCCCC[C@@H](NC(=O)/C=C(C)/C=C/C=C(C)/C=C/C2=C(C)CCCC2(C)C)C(=O)NCCOCCOCCN)C(C)(C)CCC1. The van der Waals surface area contributed by atoms with Gasteiger partial charge in [-0.25, -0.2) is 0 Å². The highest BCUT2D eigenvalue weighted by atomic mass is 16.5. The topological polar surface area (TPSA) is 132 Å². The number of amides is 3. The zero-order valence-electron chi connectivity index (χ0n) is 39.4. The second-order valence-electron chi connectivity index (χ2n) is 18.0. The molecule has 3 amide bonds. The molecule has 0 heterocycles. The summed E-state index contributed by atoms with van der Waals surface area (Å²) < 4.78 is 10.9. The van der Waals surface area contributed by atoms with Crippen LogP contribution in [0.2, 0.25) is 0 Å². The standard InChI is InChI=1S/C52H80N4O5/c1-39(24-26-45-43(5)21-15-28-51(45,7)8)17-13-19-41(3)37-48(57)54-31-12-11-23-47(50(59)55-32-34-61-36-35-60-33-30-53)56-49(58)38-42(4)20-14-18-40(2)25-27-46-44(6)22-16-29-52(46,9)10/h13-14,17-20,24-27,37-38,47H,11-12,15-16,21-23,28-36,53H2,1-10H3,(H,54,57)(H,55,59)(H,56,58)/b19-13+,20-14+,26-24+,27-25+,39-17+,40-18+,41-37+,42-38+/t47-/m1/s1. The fourth-order valence-corrected chi connectivity index (χ4v) is 7.77. The molecule has 61 heavy (non-hydrogen) atoms. The summed E-state index contributed by atoms with van der Waals surface area (Å²) in [5.41, 5.74) is 15.5. The molecule has 0 saturated carbocycles. The Hall–Kier alpha value is -4.31. The molecule has 0 unspecified atom stereocenters. The van der Waals surface area contributed by atoms with Gasteiger partial charge in [-0.05, 0) is 132 Å². The average Bonchev–Trinajstić information content (AvgIpc) is 3.17. The van der Waals surface area contributed by atoms with Crippen molar-refractivity contribution in [2.45, 2.75) is 133 Å². The maximum Gasteiger partial charge on any atom is 0.244 e. The number of carbonyl (C=O) groups excluding carboxylic acids is 3. The molecule has 338 valence electrons. The number of ether oxygens (including phenoxy) is 2. The Balaban J connectivity index is 1.93. The van der Waals surface area contributed by atoms with Crippen LogP contribution in [0.25, 0.3) is 0 Å². The van der Waals surface area contributed by atoms with Crippen LogP contribution >= 0.6 is 0 Å². The summed E-state index contributed by atoms with van der Waals surface area (Å²) in [4.78, 5) is 39.0. The fraction of sp³-hybridized carbons (Fsp3) is 0.558. The molecule has 0 bridgehead atoms. The van der Waals surface area contributed by atoms with E-state index in [1.54, 1.807) is 6.08 Å². The van der Waals surface area contributed by atoms with Crippen molar-refractivity contribution in [3.05, 3.63) is 117 Å². The Kier molecular flexibility index (Phi) is 24.5. The molecule has 0 aromatic rings. The van der Waals surface area contributed by atoms with Crippen molar-refractivity contribution >= 4 is 17.7 Å². The monoisotopic (exact) mass is 841 g/mol. The van der Waals surface area contributed by atoms with E-state index in [0.717, 1.165) is 28.7 Å². The minimum absolute atomic E-state index is 0.170. The predicted octanol–water partition coefficient (Wildman–Crippen LogP) is 9.93. The van der Waals surface area contributed by atoms with Crippen LogP contribution < -0.4 is 21.7 Å². The van der Waals surface area contributed by atoms with Crippen molar-refractivity contribution in [1.29, 1.82) is 0 Å². The van der Waals surface area contributed by atoms with Crippen LogP contribution in [0.1, 0.15) is 127 Å². The molecule has 9 nitrogen and oxygen atoms in total. The molecule has 0 fully saturated rings. The highest BCUT2D eigenvalue weighted by molar-refractivity contribution is 5.93. The molecule has 1 atom stereocenters. The van der Waals surface area contributed by atoms with Crippen LogP contribution in [0.4, 0.5) is 0 Å². The van der Waals surface area contributed by atoms with Gasteiger partial charge in [-0.2, -0.15) is 0 Å². The summed E-state index contributed by atoms with van der Waals surface area (Å²) in [7, 11) is 0. The molecule has 2 aliphatic carbocycles. The molecule has 9 heteroatoms. The normalized spacial score (nSPS) is 18.5. The van der Waals surface area contributed by atoms with E-state index in [1.165, 1.54) is 60.5 Å². The average molecular weight is 841 g/mol. The first-order valence-corrected chi connectivity index (χ1v) is 22.5. The van der Waals surface area contributed by atoms with E-state index in [9.17, 15) is 14.4 Å². The van der Waals surface area contributed by atoms with Gasteiger partial charge in [0.05, 0.1) is 26.4 Å². The number of rotatable bonds is 25. The Morgan fingerprint density at radius 1 is 0.656 bits per heavy atom. The van der Waals surface area contributed by atoms with E-state index < -0.39 is 6.04 Å². The van der Waals surface area contributed by atoms with E-state index in [4.69, 9.17) is 15.2 Å². The van der Waals surface area contributed by atoms with Crippen LogP contribution in [-0.4, -0.2) is 69.8 Å². The third-order valence-electron chi connectivity index (χ3n) is 11.3. The predicted molar refractivity (Wildman–Crippen MR) is 255 cm³/mol. The number of nitrogens with one attached hydrogen (secondary N) is 3. The minimum atomic E-state index is -0.744. The molecule has 0 aromatic carbocycles. The summed E-state index contributed by atoms with van der Waals surface area (Å²) in [6.07, 6.45) is 32.7. The van der Waals surface area contributed by atoms with Gasteiger partial charge in [-0.1, -0.05) is 111 Å². The summed E-state index contributed by atoms with van der Waals surface area (Å²) in [5.74, 6) is -0.799. The minimum Gasteiger partial charge on any atom is -0.378 e. The van der Waals surface area contributed by atoms with Crippen molar-refractivity contribution < 1.29 is 23.9 Å². The number of hydrogen-bond acceptors (Lipinski definition) is 6. The van der Waals surface area contributed by atoms with Crippen molar-refractivity contribution in [1.82, 2.24) is 16.0 Å². The zero-order valence-corrected chi connectivity index (χ0v) is 39.4. The number of unbranched alkanes of at least 4 members (excludes halogenated alkanes) is 1. The first-order valence-electron chi connectivity index (χ1n) is 22.5. The molecule has 0 radical (unpaired) electrons. The zero-order chi connectivity index (χ0) is 45.3.